The molecule has 2 heterocycles. The third-order valence-corrected chi connectivity index (χ3v) is 8.83. The first-order chi connectivity index (χ1) is 16.4. The monoisotopic (exact) mass is 491 g/mol. The summed E-state index contributed by atoms with van der Waals surface area (Å²) < 4.78 is 27.5. The summed E-state index contributed by atoms with van der Waals surface area (Å²) >= 11 is 1.37. The number of piperidine rings is 1. The van der Waals surface area contributed by atoms with E-state index in [4.69, 9.17) is 0 Å². The molecule has 8 heteroatoms. The third kappa shape index (κ3) is 4.61. The molecule has 0 radical (unpaired) electrons. The SMILES string of the molecule is Cc1ccc(S(=O)(=O)N2CCCC(C(=O)Nc3nc(-c4ccc5ccccc5c4)cs3)C2)cc1. The second kappa shape index (κ2) is 9.29. The molecule has 1 saturated heterocycles. The third-order valence-electron chi connectivity index (χ3n) is 6.19. The van der Waals surface area contributed by atoms with Gasteiger partial charge in [0, 0.05) is 24.0 Å². The van der Waals surface area contributed by atoms with E-state index in [1.165, 1.54) is 15.6 Å². The van der Waals surface area contributed by atoms with E-state index in [1.54, 1.807) is 24.3 Å². The first kappa shape index (κ1) is 22.7. The first-order valence-electron chi connectivity index (χ1n) is 11.2. The fourth-order valence-electron chi connectivity index (χ4n) is 4.25. The highest BCUT2D eigenvalue weighted by Gasteiger charge is 2.33. The van der Waals surface area contributed by atoms with Crippen LogP contribution in [0.2, 0.25) is 0 Å². The van der Waals surface area contributed by atoms with Crippen LogP contribution in [0, 0.1) is 12.8 Å². The Morgan fingerprint density at radius 1 is 1.06 bits per heavy atom. The van der Waals surface area contributed by atoms with Gasteiger partial charge in [0.1, 0.15) is 0 Å². The van der Waals surface area contributed by atoms with E-state index < -0.39 is 15.9 Å². The van der Waals surface area contributed by atoms with Gasteiger partial charge in [-0.25, -0.2) is 13.4 Å². The average Bonchev–Trinajstić information content (AvgIpc) is 3.32. The lowest BCUT2D eigenvalue weighted by atomic mass is 9.99. The Hall–Kier alpha value is -3.07. The van der Waals surface area contributed by atoms with Gasteiger partial charge in [-0.1, -0.05) is 54.1 Å². The second-order valence-electron chi connectivity index (χ2n) is 8.60. The minimum absolute atomic E-state index is 0.172. The quantitative estimate of drug-likeness (QED) is 0.410. The number of benzene rings is 3. The summed E-state index contributed by atoms with van der Waals surface area (Å²) in [6.07, 6.45) is 1.29. The molecule has 1 aromatic heterocycles. The highest BCUT2D eigenvalue weighted by molar-refractivity contribution is 7.89. The van der Waals surface area contributed by atoms with Crippen LogP contribution < -0.4 is 5.32 Å². The highest BCUT2D eigenvalue weighted by Crippen LogP contribution is 2.29. The van der Waals surface area contributed by atoms with Crippen molar-refractivity contribution in [2.24, 2.45) is 5.92 Å². The number of hydrogen-bond acceptors (Lipinski definition) is 5. The number of nitrogens with zero attached hydrogens (tertiary/aromatic N) is 2. The summed E-state index contributed by atoms with van der Waals surface area (Å²) in [4.78, 5) is 17.8. The lowest BCUT2D eigenvalue weighted by molar-refractivity contribution is -0.120. The van der Waals surface area contributed by atoms with Crippen molar-refractivity contribution in [3.8, 4) is 11.3 Å². The van der Waals surface area contributed by atoms with Crippen molar-refractivity contribution >= 4 is 43.2 Å². The zero-order valence-corrected chi connectivity index (χ0v) is 20.4. The Bertz CT molecular complexity index is 1450. The Balaban J connectivity index is 1.28. The number of rotatable bonds is 5. The molecule has 0 bridgehead atoms. The van der Waals surface area contributed by atoms with E-state index in [9.17, 15) is 13.2 Å². The summed E-state index contributed by atoms with van der Waals surface area (Å²) in [7, 11) is -3.63. The fraction of sp³-hybridized carbons (Fsp3) is 0.231. The molecule has 0 spiro atoms. The number of aromatic nitrogens is 1. The summed E-state index contributed by atoms with van der Waals surface area (Å²) in [6, 6.07) is 21.1. The number of fused-ring (bicyclic) bond motifs is 1. The molecular formula is C26H25N3O3S2. The number of sulfonamides is 1. The van der Waals surface area contributed by atoms with Crippen LogP contribution in [0.25, 0.3) is 22.0 Å². The van der Waals surface area contributed by atoms with Crippen LogP contribution in [0.1, 0.15) is 18.4 Å². The van der Waals surface area contributed by atoms with Gasteiger partial charge in [0.25, 0.3) is 0 Å². The van der Waals surface area contributed by atoms with Gasteiger partial charge in [-0.3, -0.25) is 4.79 Å². The average molecular weight is 492 g/mol. The van der Waals surface area contributed by atoms with Gasteiger partial charge in [0.15, 0.2) is 5.13 Å². The first-order valence-corrected chi connectivity index (χ1v) is 13.5. The van der Waals surface area contributed by atoms with Crippen molar-refractivity contribution in [3.05, 3.63) is 77.7 Å². The molecule has 174 valence electrons. The summed E-state index contributed by atoms with van der Waals surface area (Å²) in [5.41, 5.74) is 2.79. The van der Waals surface area contributed by atoms with E-state index in [0.717, 1.165) is 27.6 Å². The second-order valence-corrected chi connectivity index (χ2v) is 11.4. The predicted molar refractivity (Wildman–Crippen MR) is 136 cm³/mol. The Morgan fingerprint density at radius 2 is 1.82 bits per heavy atom. The van der Waals surface area contributed by atoms with Crippen molar-refractivity contribution in [2.45, 2.75) is 24.7 Å². The number of amides is 1. The summed E-state index contributed by atoms with van der Waals surface area (Å²) in [5, 5.41) is 7.65. The van der Waals surface area contributed by atoms with Crippen LogP contribution in [0.5, 0.6) is 0 Å². The van der Waals surface area contributed by atoms with Crippen LogP contribution in [0.3, 0.4) is 0 Å². The van der Waals surface area contributed by atoms with Crippen LogP contribution in [-0.2, 0) is 14.8 Å². The van der Waals surface area contributed by atoms with Gasteiger partial charge >= 0.3 is 0 Å². The highest BCUT2D eigenvalue weighted by atomic mass is 32.2. The topological polar surface area (TPSA) is 79.4 Å². The lowest BCUT2D eigenvalue weighted by Crippen LogP contribution is -2.43. The van der Waals surface area contributed by atoms with E-state index in [-0.39, 0.29) is 17.3 Å². The van der Waals surface area contributed by atoms with Crippen LogP contribution in [0.4, 0.5) is 5.13 Å². The van der Waals surface area contributed by atoms with E-state index >= 15 is 0 Å². The number of carbonyl (C=O) groups excluding carboxylic acids is 1. The number of thiazole rings is 1. The molecule has 1 atom stereocenters. The van der Waals surface area contributed by atoms with Gasteiger partial charge in [0.05, 0.1) is 16.5 Å². The number of nitrogens with one attached hydrogen (secondary N) is 1. The maximum absolute atomic E-state index is 13.1. The molecule has 1 N–H and O–H groups in total. The molecule has 1 aliphatic rings. The van der Waals surface area contributed by atoms with Crippen LogP contribution in [0.15, 0.2) is 77.0 Å². The van der Waals surface area contributed by atoms with E-state index in [2.05, 4.69) is 34.6 Å². The van der Waals surface area contributed by atoms with E-state index in [0.29, 0.717) is 24.5 Å². The van der Waals surface area contributed by atoms with Crippen molar-refractivity contribution in [2.75, 3.05) is 18.4 Å². The molecule has 4 aromatic rings. The van der Waals surface area contributed by atoms with Crippen molar-refractivity contribution in [1.29, 1.82) is 0 Å². The van der Waals surface area contributed by atoms with Gasteiger partial charge in [-0.2, -0.15) is 4.31 Å². The molecule has 1 amide bonds. The minimum atomic E-state index is -3.63. The van der Waals surface area contributed by atoms with Crippen molar-refractivity contribution in [1.82, 2.24) is 9.29 Å². The van der Waals surface area contributed by atoms with E-state index in [1.807, 2.05) is 30.5 Å². The van der Waals surface area contributed by atoms with Crippen molar-refractivity contribution < 1.29 is 13.2 Å². The predicted octanol–water partition coefficient (Wildman–Crippen LogP) is 5.31. The van der Waals surface area contributed by atoms with Gasteiger partial charge in [0.2, 0.25) is 15.9 Å². The fourth-order valence-corrected chi connectivity index (χ4v) is 6.50. The Kier molecular flexibility index (Phi) is 6.20. The molecule has 5 rings (SSSR count). The maximum Gasteiger partial charge on any atom is 0.243 e. The molecule has 1 unspecified atom stereocenters. The van der Waals surface area contributed by atoms with Crippen LogP contribution >= 0.6 is 11.3 Å². The van der Waals surface area contributed by atoms with Gasteiger partial charge in [-0.05, 0) is 48.7 Å². The molecular weight excluding hydrogens is 466 g/mol. The number of aryl methyl sites for hydroxylation is 1. The molecule has 34 heavy (non-hydrogen) atoms. The zero-order chi connectivity index (χ0) is 23.7. The minimum Gasteiger partial charge on any atom is -0.302 e. The molecule has 1 aliphatic heterocycles. The number of anilines is 1. The van der Waals surface area contributed by atoms with Gasteiger partial charge in [-0.15, -0.1) is 11.3 Å². The lowest BCUT2D eigenvalue weighted by Gasteiger charge is -2.31. The Labute approximate surface area is 203 Å². The molecule has 0 aliphatic carbocycles. The normalized spacial score (nSPS) is 17.0. The largest absolute Gasteiger partial charge is 0.302 e. The molecule has 3 aromatic carbocycles. The smallest absolute Gasteiger partial charge is 0.243 e. The maximum atomic E-state index is 13.1. The summed E-state index contributed by atoms with van der Waals surface area (Å²) in [5.74, 6) is -0.606. The van der Waals surface area contributed by atoms with Crippen LogP contribution in [-0.4, -0.2) is 36.7 Å². The molecule has 0 saturated carbocycles. The molecule has 6 nitrogen and oxygen atoms in total. The standard InChI is InChI=1S/C26H25N3O3S2/c1-18-8-12-23(13-9-18)34(31,32)29-14-4-7-22(16-29)25(30)28-26-27-24(17-33-26)21-11-10-19-5-2-3-6-20(19)15-21/h2-3,5-6,8-13,15,17,22H,4,7,14,16H2,1H3,(H,27,28,30). The summed E-state index contributed by atoms with van der Waals surface area (Å²) in [6.45, 7) is 2.51. The number of hydrogen-bond donors (Lipinski definition) is 1. The molecule has 1 fully saturated rings. The van der Waals surface area contributed by atoms with Crippen molar-refractivity contribution in [3.63, 3.8) is 0 Å². The number of carbonyl (C=O) groups is 1. The zero-order valence-electron chi connectivity index (χ0n) is 18.8. The van der Waals surface area contributed by atoms with Gasteiger partial charge < -0.3 is 5.32 Å². The Morgan fingerprint density at radius 3 is 2.62 bits per heavy atom.